The maximum Gasteiger partial charge on any atom is 0.472 e. The number of ether oxygens (including phenoxy) is 4. The minimum Gasteiger partial charge on any atom is -0.462 e. The molecule has 0 bridgehead atoms. The van der Waals surface area contributed by atoms with Crippen molar-refractivity contribution < 1.29 is 80.2 Å². The average molecular weight is 1470 g/mol. The van der Waals surface area contributed by atoms with Gasteiger partial charge < -0.3 is 33.8 Å². The lowest BCUT2D eigenvalue weighted by Gasteiger charge is -2.21. The van der Waals surface area contributed by atoms with Gasteiger partial charge in [0.15, 0.2) is 12.2 Å². The average Bonchev–Trinajstić information content (AvgIpc) is 1.15. The van der Waals surface area contributed by atoms with Gasteiger partial charge in [-0.1, -0.05) is 387 Å². The van der Waals surface area contributed by atoms with Crippen molar-refractivity contribution in [1.29, 1.82) is 0 Å². The lowest BCUT2D eigenvalue weighted by atomic mass is 10.0. The second-order valence-electron chi connectivity index (χ2n) is 29.2. The third-order valence-electron chi connectivity index (χ3n) is 19.1. The number of aliphatic hydroxyl groups is 1. The number of carbonyl (C=O) groups is 4. The predicted octanol–water partition coefficient (Wildman–Crippen LogP) is 24.6. The first-order chi connectivity index (χ1) is 48.7. The Morgan fingerprint density at radius 1 is 0.240 bits per heavy atom. The number of unbranched alkanes of at least 4 members (excludes halogenated alkanes) is 56. The van der Waals surface area contributed by atoms with Gasteiger partial charge in [0.1, 0.15) is 19.3 Å². The lowest BCUT2D eigenvalue weighted by Crippen LogP contribution is -2.30. The molecule has 3 N–H and O–H groups in total. The molecular weight excluding hydrogens is 1310 g/mol. The summed E-state index contributed by atoms with van der Waals surface area (Å²) < 4.78 is 68.8. The predicted molar refractivity (Wildman–Crippen MR) is 409 cm³/mol. The summed E-state index contributed by atoms with van der Waals surface area (Å²) in [5.74, 6) is -2.10. The summed E-state index contributed by atoms with van der Waals surface area (Å²) in [6.45, 7) is 5.04. The Bertz CT molecular complexity index is 1890. The van der Waals surface area contributed by atoms with E-state index in [-0.39, 0.29) is 25.7 Å². The molecule has 19 heteroatoms. The van der Waals surface area contributed by atoms with Crippen molar-refractivity contribution in [3.05, 3.63) is 0 Å². The summed E-state index contributed by atoms with van der Waals surface area (Å²) in [4.78, 5) is 73.1. The van der Waals surface area contributed by atoms with Crippen molar-refractivity contribution in [3.63, 3.8) is 0 Å². The zero-order chi connectivity index (χ0) is 73.2. The number of phosphoric acid groups is 2. The Morgan fingerprint density at radius 3 is 0.590 bits per heavy atom. The van der Waals surface area contributed by atoms with Crippen LogP contribution in [-0.4, -0.2) is 96.7 Å². The Morgan fingerprint density at radius 2 is 0.400 bits per heavy atom. The summed E-state index contributed by atoms with van der Waals surface area (Å²) in [6.07, 6.45) is 67.8. The Kier molecular flexibility index (Phi) is 73.8. The van der Waals surface area contributed by atoms with E-state index in [4.69, 9.17) is 37.0 Å². The van der Waals surface area contributed by atoms with E-state index < -0.39 is 97.5 Å². The molecule has 0 aromatic carbocycles. The minimum absolute atomic E-state index is 0.109. The van der Waals surface area contributed by atoms with Crippen molar-refractivity contribution in [3.8, 4) is 0 Å². The molecule has 0 spiro atoms. The van der Waals surface area contributed by atoms with Crippen LogP contribution in [0.3, 0.4) is 0 Å². The zero-order valence-electron chi connectivity index (χ0n) is 65.2. The molecule has 0 aliphatic carbocycles. The van der Waals surface area contributed by atoms with Crippen LogP contribution in [0, 0.1) is 0 Å². The largest absolute Gasteiger partial charge is 0.472 e. The van der Waals surface area contributed by atoms with E-state index in [2.05, 4.69) is 27.7 Å². The van der Waals surface area contributed by atoms with Crippen LogP contribution in [0.1, 0.15) is 439 Å². The molecule has 0 radical (unpaired) electrons. The van der Waals surface area contributed by atoms with Crippen molar-refractivity contribution in [2.45, 2.75) is 457 Å². The fourth-order valence-corrected chi connectivity index (χ4v) is 14.2. The van der Waals surface area contributed by atoms with Crippen LogP contribution in [0.4, 0.5) is 0 Å². The topological polar surface area (TPSA) is 237 Å². The van der Waals surface area contributed by atoms with E-state index in [1.54, 1.807) is 0 Å². The quantitative estimate of drug-likeness (QED) is 0.0222. The van der Waals surface area contributed by atoms with E-state index in [1.807, 2.05) is 0 Å². The van der Waals surface area contributed by atoms with Crippen LogP contribution < -0.4 is 0 Å². The highest BCUT2D eigenvalue weighted by molar-refractivity contribution is 7.47. The fourth-order valence-electron chi connectivity index (χ4n) is 12.6. The fraction of sp³-hybridized carbons (Fsp3) is 0.951. The van der Waals surface area contributed by atoms with E-state index >= 15 is 0 Å². The molecule has 0 aromatic rings. The second kappa shape index (κ2) is 75.3. The SMILES string of the molecule is CCCCCCCCCCCCCCCCCCCC(=O)OC[C@H](COP(=O)(O)OC[C@@H](O)COP(=O)(O)OC[C@@H](COC(=O)CCCCCCCCCCCCCCC)OC(=O)CCCCCCCCCCCCCCC)OC(=O)CCCCCCCCCCCCCCCCCCC. The molecule has 594 valence electrons. The summed E-state index contributed by atoms with van der Waals surface area (Å²) in [5.41, 5.74) is 0. The van der Waals surface area contributed by atoms with Gasteiger partial charge in [-0.05, 0) is 25.7 Å². The molecule has 5 atom stereocenters. The third-order valence-corrected chi connectivity index (χ3v) is 21.0. The first-order valence-corrected chi connectivity index (χ1v) is 45.3. The van der Waals surface area contributed by atoms with Gasteiger partial charge in [-0.3, -0.25) is 37.3 Å². The molecule has 0 fully saturated rings. The molecule has 0 aliphatic rings. The number of hydrogen-bond donors (Lipinski definition) is 3. The van der Waals surface area contributed by atoms with Gasteiger partial charge in [-0.25, -0.2) is 9.13 Å². The maximum atomic E-state index is 13.1. The van der Waals surface area contributed by atoms with Crippen LogP contribution in [0.25, 0.3) is 0 Å². The molecule has 17 nitrogen and oxygen atoms in total. The number of hydrogen-bond acceptors (Lipinski definition) is 15. The second-order valence-corrected chi connectivity index (χ2v) is 32.1. The highest BCUT2D eigenvalue weighted by Crippen LogP contribution is 2.45. The van der Waals surface area contributed by atoms with Crippen molar-refractivity contribution in [1.82, 2.24) is 0 Å². The molecule has 0 rings (SSSR count). The highest BCUT2D eigenvalue weighted by atomic mass is 31.2. The number of phosphoric ester groups is 2. The maximum absolute atomic E-state index is 13.1. The number of aliphatic hydroxyl groups excluding tert-OH is 1. The van der Waals surface area contributed by atoms with Gasteiger partial charge in [-0.2, -0.15) is 0 Å². The molecule has 0 saturated heterocycles. The van der Waals surface area contributed by atoms with Gasteiger partial charge in [0.2, 0.25) is 0 Å². The number of esters is 4. The molecule has 0 aliphatic heterocycles. The molecule has 100 heavy (non-hydrogen) atoms. The van der Waals surface area contributed by atoms with Crippen LogP contribution in [-0.2, 0) is 65.4 Å². The first kappa shape index (κ1) is 98.1. The molecular formula is C81H158O17P2. The van der Waals surface area contributed by atoms with E-state index in [9.17, 15) is 43.2 Å². The van der Waals surface area contributed by atoms with Crippen molar-refractivity contribution in [2.75, 3.05) is 39.6 Å². The third kappa shape index (κ3) is 74.3. The van der Waals surface area contributed by atoms with E-state index in [1.165, 1.54) is 270 Å². The van der Waals surface area contributed by atoms with Crippen LogP contribution >= 0.6 is 15.6 Å². The molecule has 0 heterocycles. The summed E-state index contributed by atoms with van der Waals surface area (Å²) in [5, 5.41) is 10.6. The van der Waals surface area contributed by atoms with E-state index in [0.29, 0.717) is 25.7 Å². The van der Waals surface area contributed by atoms with Crippen molar-refractivity contribution >= 4 is 39.5 Å². The first-order valence-electron chi connectivity index (χ1n) is 42.3. The highest BCUT2D eigenvalue weighted by Gasteiger charge is 2.30. The normalized spacial score (nSPS) is 13.8. The molecule has 2 unspecified atom stereocenters. The Hall–Kier alpha value is -1.94. The lowest BCUT2D eigenvalue weighted by molar-refractivity contribution is -0.161. The van der Waals surface area contributed by atoms with Gasteiger partial charge in [0, 0.05) is 25.7 Å². The van der Waals surface area contributed by atoms with E-state index in [0.717, 1.165) is 89.9 Å². The Balaban J connectivity index is 5.25. The number of rotatable bonds is 82. The van der Waals surface area contributed by atoms with Crippen LogP contribution in [0.5, 0.6) is 0 Å². The van der Waals surface area contributed by atoms with Crippen LogP contribution in [0.2, 0.25) is 0 Å². The number of carbonyl (C=O) groups excluding carboxylic acids is 4. The summed E-state index contributed by atoms with van der Waals surface area (Å²) in [6, 6.07) is 0. The van der Waals surface area contributed by atoms with Crippen LogP contribution in [0.15, 0.2) is 0 Å². The van der Waals surface area contributed by atoms with Crippen molar-refractivity contribution in [2.24, 2.45) is 0 Å². The van der Waals surface area contributed by atoms with Gasteiger partial charge in [-0.15, -0.1) is 0 Å². The smallest absolute Gasteiger partial charge is 0.462 e. The van der Waals surface area contributed by atoms with Gasteiger partial charge in [0.25, 0.3) is 0 Å². The molecule has 0 amide bonds. The summed E-state index contributed by atoms with van der Waals surface area (Å²) in [7, 11) is -9.92. The molecule has 0 aromatic heterocycles. The van der Waals surface area contributed by atoms with Gasteiger partial charge in [0.05, 0.1) is 26.4 Å². The standard InChI is InChI=1S/C81H158O17P2/c1-5-9-13-17-21-25-29-33-35-37-39-43-46-50-54-58-62-66-79(84)92-72-77(98-81(86)68-64-60-56-52-48-44-40-38-36-34-30-26-22-18-14-10-6-2)74-96-100(89,90)94-70-75(82)69-93-99(87,88)95-73-76(97-80(85)67-63-59-55-51-47-42-32-28-24-20-16-12-8-4)71-91-78(83)65-61-57-53-49-45-41-31-27-23-19-15-11-7-3/h75-77,82H,5-74H2,1-4H3,(H,87,88)(H,89,90)/t75-,76+,77+/m0/s1. The molecule has 0 saturated carbocycles. The Labute approximate surface area is 613 Å². The zero-order valence-corrected chi connectivity index (χ0v) is 67.0. The minimum atomic E-state index is -4.96. The monoisotopic (exact) mass is 1470 g/mol. The van der Waals surface area contributed by atoms with Gasteiger partial charge >= 0.3 is 39.5 Å². The summed E-state index contributed by atoms with van der Waals surface area (Å²) >= 11 is 0.